The second-order valence-electron chi connectivity index (χ2n) is 4.59. The van der Waals surface area contributed by atoms with Crippen molar-refractivity contribution in [3.8, 4) is 5.75 Å². The minimum absolute atomic E-state index is 0.0242. The van der Waals surface area contributed by atoms with Crippen LogP contribution in [0, 0.1) is 0 Å². The van der Waals surface area contributed by atoms with Crippen LogP contribution < -0.4 is 10.1 Å². The summed E-state index contributed by atoms with van der Waals surface area (Å²) in [5, 5.41) is 4.76. The third-order valence-electron chi connectivity index (χ3n) is 3.13. The van der Waals surface area contributed by atoms with Crippen LogP contribution in [0.3, 0.4) is 0 Å². The van der Waals surface area contributed by atoms with Gasteiger partial charge in [0, 0.05) is 9.50 Å². The molecular weight excluding hydrogens is 373 g/mol. The van der Waals surface area contributed by atoms with Gasteiger partial charge in [0.1, 0.15) is 5.75 Å². The Bertz CT molecular complexity index is 613. The monoisotopic (exact) mass is 387 g/mol. The molecule has 1 unspecified atom stereocenters. The Morgan fingerprint density at radius 1 is 1.14 bits per heavy atom. The fraction of sp³-hybridized carbons (Fsp3) is 0.250. The second kappa shape index (κ2) is 7.50. The number of rotatable bonds is 5. The Kier molecular flexibility index (Phi) is 5.94. The number of methoxy groups -OCH3 is 1. The molecule has 0 aliphatic heterocycles. The van der Waals surface area contributed by atoms with Crippen molar-refractivity contribution < 1.29 is 4.74 Å². The first-order valence-electron chi connectivity index (χ1n) is 6.58. The van der Waals surface area contributed by atoms with Crippen LogP contribution in [0.15, 0.2) is 40.9 Å². The normalized spacial score (nSPS) is 12.2. The number of nitrogens with one attached hydrogen (secondary N) is 1. The van der Waals surface area contributed by atoms with Gasteiger partial charge in [-0.05, 0) is 48.0 Å². The van der Waals surface area contributed by atoms with Gasteiger partial charge in [0.15, 0.2) is 0 Å². The summed E-state index contributed by atoms with van der Waals surface area (Å²) in [5.74, 6) is 0.665. The first kappa shape index (κ1) is 16.6. The van der Waals surface area contributed by atoms with E-state index in [9.17, 15) is 0 Å². The van der Waals surface area contributed by atoms with E-state index >= 15 is 0 Å². The molecule has 0 bridgehead atoms. The molecule has 0 saturated carbocycles. The molecule has 112 valence electrons. The molecule has 0 radical (unpaired) electrons. The van der Waals surface area contributed by atoms with Crippen LogP contribution in [0.1, 0.15) is 24.1 Å². The summed E-state index contributed by atoms with van der Waals surface area (Å²) in [5.41, 5.74) is 2.16. The van der Waals surface area contributed by atoms with E-state index in [4.69, 9.17) is 27.9 Å². The van der Waals surface area contributed by atoms with Gasteiger partial charge in [-0.1, -0.05) is 52.1 Å². The first-order chi connectivity index (χ1) is 10.0. The molecule has 0 aromatic heterocycles. The van der Waals surface area contributed by atoms with Crippen LogP contribution >= 0.6 is 39.1 Å². The van der Waals surface area contributed by atoms with E-state index in [1.807, 2.05) is 30.3 Å². The van der Waals surface area contributed by atoms with E-state index in [0.717, 1.165) is 22.1 Å². The van der Waals surface area contributed by atoms with Gasteiger partial charge in [-0.15, -0.1) is 0 Å². The van der Waals surface area contributed by atoms with Crippen LogP contribution in [0.2, 0.25) is 10.0 Å². The summed E-state index contributed by atoms with van der Waals surface area (Å²) in [6.07, 6.45) is 0. The predicted octanol–water partition coefficient (Wildman–Crippen LogP) is 5.46. The highest BCUT2D eigenvalue weighted by atomic mass is 79.9. The van der Waals surface area contributed by atoms with E-state index < -0.39 is 0 Å². The fourth-order valence-electron chi connectivity index (χ4n) is 2.23. The number of hydrogen-bond donors (Lipinski definition) is 1. The zero-order valence-corrected chi connectivity index (χ0v) is 14.9. The highest BCUT2D eigenvalue weighted by Gasteiger charge is 2.16. The maximum absolute atomic E-state index is 6.16. The van der Waals surface area contributed by atoms with Crippen LogP contribution in [0.4, 0.5) is 0 Å². The molecule has 0 saturated heterocycles. The Morgan fingerprint density at radius 2 is 1.90 bits per heavy atom. The smallest absolute Gasteiger partial charge is 0.137 e. The molecule has 5 heteroatoms. The molecule has 0 aliphatic rings. The highest BCUT2D eigenvalue weighted by Crippen LogP contribution is 2.32. The molecule has 0 spiro atoms. The van der Waals surface area contributed by atoms with Crippen LogP contribution in [0.25, 0.3) is 0 Å². The van der Waals surface area contributed by atoms with E-state index in [1.165, 1.54) is 0 Å². The van der Waals surface area contributed by atoms with Crippen molar-refractivity contribution >= 4 is 39.1 Å². The highest BCUT2D eigenvalue weighted by molar-refractivity contribution is 9.10. The third kappa shape index (κ3) is 4.13. The lowest BCUT2D eigenvalue weighted by Crippen LogP contribution is -2.22. The van der Waals surface area contributed by atoms with Crippen LogP contribution in [0.5, 0.6) is 5.75 Å². The number of hydrogen-bond acceptors (Lipinski definition) is 2. The molecule has 2 aromatic rings. The van der Waals surface area contributed by atoms with Crippen molar-refractivity contribution in [1.29, 1.82) is 0 Å². The zero-order valence-electron chi connectivity index (χ0n) is 11.8. The lowest BCUT2D eigenvalue weighted by Gasteiger charge is -2.20. The average molecular weight is 389 g/mol. The van der Waals surface area contributed by atoms with Crippen LogP contribution in [-0.4, -0.2) is 13.7 Å². The van der Waals surface area contributed by atoms with E-state index in [-0.39, 0.29) is 6.04 Å². The predicted molar refractivity (Wildman–Crippen MR) is 92.7 cm³/mol. The van der Waals surface area contributed by atoms with Gasteiger partial charge in [-0.3, -0.25) is 0 Å². The third-order valence-corrected chi connectivity index (χ3v) is 4.12. The van der Waals surface area contributed by atoms with Gasteiger partial charge in [-0.2, -0.15) is 0 Å². The van der Waals surface area contributed by atoms with Crippen molar-refractivity contribution in [3.05, 3.63) is 62.0 Å². The van der Waals surface area contributed by atoms with E-state index in [2.05, 4.69) is 34.2 Å². The Hall–Kier alpha value is -0.740. The second-order valence-corrected chi connectivity index (χ2v) is 6.35. The van der Waals surface area contributed by atoms with Crippen LogP contribution in [-0.2, 0) is 0 Å². The Balaban J connectivity index is 2.47. The zero-order chi connectivity index (χ0) is 15.4. The molecule has 2 aromatic carbocycles. The van der Waals surface area contributed by atoms with Gasteiger partial charge < -0.3 is 10.1 Å². The molecule has 2 rings (SSSR count). The summed E-state index contributed by atoms with van der Waals surface area (Å²) in [6, 6.07) is 11.7. The molecule has 1 atom stereocenters. The van der Waals surface area contributed by atoms with Crippen molar-refractivity contribution in [2.24, 2.45) is 0 Å². The van der Waals surface area contributed by atoms with Gasteiger partial charge in [0.05, 0.1) is 18.2 Å². The van der Waals surface area contributed by atoms with Crippen molar-refractivity contribution in [2.75, 3.05) is 13.7 Å². The number of halogens is 3. The molecule has 21 heavy (non-hydrogen) atoms. The minimum Gasteiger partial charge on any atom is -0.495 e. The van der Waals surface area contributed by atoms with Crippen molar-refractivity contribution in [1.82, 2.24) is 5.32 Å². The standard InChI is InChI=1S/C16H16BrCl2NO/c1-3-20-16(11-6-12(17)9-13(18)7-11)10-4-5-14(19)15(8-10)21-2/h4-9,16,20H,3H2,1-2H3. The topological polar surface area (TPSA) is 21.3 Å². The van der Waals surface area contributed by atoms with Gasteiger partial charge >= 0.3 is 0 Å². The molecule has 0 aliphatic carbocycles. The van der Waals surface area contributed by atoms with Crippen molar-refractivity contribution in [3.63, 3.8) is 0 Å². The summed E-state index contributed by atoms with van der Waals surface area (Å²) in [6.45, 7) is 2.90. The van der Waals surface area contributed by atoms with Gasteiger partial charge in [-0.25, -0.2) is 0 Å². The lowest BCUT2D eigenvalue weighted by atomic mass is 9.98. The molecule has 0 fully saturated rings. The Morgan fingerprint density at radius 3 is 2.52 bits per heavy atom. The summed E-state index contributed by atoms with van der Waals surface area (Å²) in [7, 11) is 1.61. The molecule has 0 amide bonds. The average Bonchev–Trinajstić information content (AvgIpc) is 2.44. The summed E-state index contributed by atoms with van der Waals surface area (Å²) < 4.78 is 6.25. The molecule has 1 N–H and O–H groups in total. The number of benzene rings is 2. The molecule has 2 nitrogen and oxygen atoms in total. The summed E-state index contributed by atoms with van der Waals surface area (Å²) >= 11 is 15.7. The maximum atomic E-state index is 6.16. The molecule has 0 heterocycles. The summed E-state index contributed by atoms with van der Waals surface area (Å²) in [4.78, 5) is 0. The maximum Gasteiger partial charge on any atom is 0.137 e. The molecular formula is C16H16BrCl2NO. The quantitative estimate of drug-likeness (QED) is 0.733. The lowest BCUT2D eigenvalue weighted by molar-refractivity contribution is 0.414. The van der Waals surface area contributed by atoms with Gasteiger partial charge in [0.2, 0.25) is 0 Å². The van der Waals surface area contributed by atoms with E-state index in [1.54, 1.807) is 7.11 Å². The largest absolute Gasteiger partial charge is 0.495 e. The van der Waals surface area contributed by atoms with E-state index in [0.29, 0.717) is 15.8 Å². The Labute approximate surface area is 143 Å². The first-order valence-corrected chi connectivity index (χ1v) is 8.13. The SMILES string of the molecule is CCNC(c1cc(Cl)cc(Br)c1)c1ccc(Cl)c(OC)c1. The number of ether oxygens (including phenoxy) is 1. The minimum atomic E-state index is 0.0242. The van der Waals surface area contributed by atoms with Gasteiger partial charge in [0.25, 0.3) is 0 Å². The van der Waals surface area contributed by atoms with Crippen molar-refractivity contribution in [2.45, 2.75) is 13.0 Å². The fourth-order valence-corrected chi connectivity index (χ4v) is 3.31.